The summed E-state index contributed by atoms with van der Waals surface area (Å²) in [7, 11) is 0. The predicted octanol–water partition coefficient (Wildman–Crippen LogP) is 2.44. The number of halogens is 2. The number of nitrogen functional groups attached to an aromatic ring is 1. The quantitative estimate of drug-likeness (QED) is 0.635. The first-order valence-corrected chi connectivity index (χ1v) is 4.74. The van der Waals surface area contributed by atoms with E-state index in [9.17, 15) is 8.78 Å². The van der Waals surface area contributed by atoms with Crippen LogP contribution in [-0.2, 0) is 0 Å². The van der Waals surface area contributed by atoms with Crippen molar-refractivity contribution < 1.29 is 13.5 Å². The summed E-state index contributed by atoms with van der Waals surface area (Å²) in [4.78, 5) is 3.86. The lowest BCUT2D eigenvalue weighted by atomic mass is 10.3. The molecule has 1 heterocycles. The van der Waals surface area contributed by atoms with Gasteiger partial charge in [-0.25, -0.2) is 13.8 Å². The lowest BCUT2D eigenvalue weighted by Gasteiger charge is -2.06. The van der Waals surface area contributed by atoms with Crippen LogP contribution in [0.4, 0.5) is 14.5 Å². The van der Waals surface area contributed by atoms with Gasteiger partial charge in [-0.3, -0.25) is 5.84 Å². The molecule has 0 atom stereocenters. The maximum absolute atomic E-state index is 13.2. The normalized spacial score (nSPS) is 10.1. The number of pyridine rings is 1. The number of benzene rings is 1. The number of hydrazine groups is 1. The van der Waals surface area contributed by atoms with E-state index in [1.54, 1.807) is 6.07 Å². The molecule has 0 saturated carbocycles. The number of ether oxygens (including phenoxy) is 1. The monoisotopic (exact) mass is 237 g/mol. The summed E-state index contributed by atoms with van der Waals surface area (Å²) in [6.45, 7) is 0. The Labute approximate surface area is 96.0 Å². The van der Waals surface area contributed by atoms with E-state index in [-0.39, 0.29) is 11.6 Å². The van der Waals surface area contributed by atoms with Gasteiger partial charge >= 0.3 is 0 Å². The highest BCUT2D eigenvalue weighted by molar-refractivity contribution is 5.41. The van der Waals surface area contributed by atoms with Crippen molar-refractivity contribution in [1.82, 2.24) is 4.98 Å². The summed E-state index contributed by atoms with van der Waals surface area (Å²) in [5, 5.41) is 0. The first kappa shape index (κ1) is 11.3. The molecule has 1 aromatic heterocycles. The highest BCUT2D eigenvalue weighted by Gasteiger charge is 2.06. The molecule has 0 aliphatic carbocycles. The van der Waals surface area contributed by atoms with Crippen LogP contribution >= 0.6 is 0 Å². The van der Waals surface area contributed by atoms with Gasteiger partial charge in [0.2, 0.25) is 5.88 Å². The highest BCUT2D eigenvalue weighted by Crippen LogP contribution is 2.24. The molecule has 0 amide bonds. The maximum Gasteiger partial charge on any atom is 0.219 e. The molecule has 3 N–H and O–H groups in total. The van der Waals surface area contributed by atoms with Gasteiger partial charge in [0.05, 0.1) is 11.9 Å². The molecule has 4 nitrogen and oxygen atoms in total. The molecule has 0 aliphatic heterocycles. The van der Waals surface area contributed by atoms with Crippen molar-refractivity contribution in [2.24, 2.45) is 5.84 Å². The second-order valence-electron chi connectivity index (χ2n) is 3.21. The summed E-state index contributed by atoms with van der Waals surface area (Å²) in [6.07, 6.45) is 1.41. The van der Waals surface area contributed by atoms with E-state index in [2.05, 4.69) is 10.4 Å². The Morgan fingerprint density at radius 3 is 2.65 bits per heavy atom. The van der Waals surface area contributed by atoms with Gasteiger partial charge in [-0.15, -0.1) is 0 Å². The third kappa shape index (κ3) is 2.67. The molecule has 6 heteroatoms. The van der Waals surface area contributed by atoms with Crippen LogP contribution in [0, 0.1) is 11.6 Å². The third-order valence-corrected chi connectivity index (χ3v) is 2.01. The standard InChI is InChI=1S/C11H9F2N3O/c12-7-1-3-9(13)10(5-7)17-11-4-2-8(16-14)6-15-11/h1-6,16H,14H2. The average molecular weight is 237 g/mol. The van der Waals surface area contributed by atoms with Gasteiger partial charge < -0.3 is 10.2 Å². The van der Waals surface area contributed by atoms with E-state index in [1.807, 2.05) is 0 Å². The zero-order valence-corrected chi connectivity index (χ0v) is 8.65. The fourth-order valence-corrected chi connectivity index (χ4v) is 1.19. The Balaban J connectivity index is 2.22. The molecule has 17 heavy (non-hydrogen) atoms. The number of anilines is 1. The van der Waals surface area contributed by atoms with E-state index in [0.717, 1.165) is 18.2 Å². The van der Waals surface area contributed by atoms with Crippen molar-refractivity contribution in [1.29, 1.82) is 0 Å². The number of hydrogen-bond acceptors (Lipinski definition) is 4. The number of aromatic nitrogens is 1. The summed E-state index contributed by atoms with van der Waals surface area (Å²) >= 11 is 0. The Morgan fingerprint density at radius 2 is 2.00 bits per heavy atom. The van der Waals surface area contributed by atoms with Gasteiger partial charge in [-0.1, -0.05) is 0 Å². The van der Waals surface area contributed by atoms with Gasteiger partial charge in [-0.05, 0) is 18.2 Å². The van der Waals surface area contributed by atoms with Crippen molar-refractivity contribution in [3.63, 3.8) is 0 Å². The van der Waals surface area contributed by atoms with Crippen molar-refractivity contribution >= 4 is 5.69 Å². The molecule has 0 unspecified atom stereocenters. The Hall–Kier alpha value is -2.21. The number of rotatable bonds is 3. The molecule has 1 aromatic carbocycles. The van der Waals surface area contributed by atoms with Gasteiger partial charge in [0.1, 0.15) is 5.82 Å². The van der Waals surface area contributed by atoms with E-state index >= 15 is 0 Å². The van der Waals surface area contributed by atoms with Gasteiger partial charge in [-0.2, -0.15) is 0 Å². The van der Waals surface area contributed by atoms with Crippen molar-refractivity contribution in [3.8, 4) is 11.6 Å². The van der Waals surface area contributed by atoms with Gasteiger partial charge in [0.15, 0.2) is 11.6 Å². The predicted molar refractivity (Wildman–Crippen MR) is 58.5 cm³/mol. The van der Waals surface area contributed by atoms with Crippen LogP contribution in [0.2, 0.25) is 0 Å². The van der Waals surface area contributed by atoms with Crippen LogP contribution in [0.5, 0.6) is 11.6 Å². The van der Waals surface area contributed by atoms with E-state index in [4.69, 9.17) is 10.6 Å². The number of nitrogens with one attached hydrogen (secondary N) is 1. The Bertz CT molecular complexity index is 517. The second kappa shape index (κ2) is 4.75. The molecule has 0 bridgehead atoms. The first-order chi connectivity index (χ1) is 8.19. The van der Waals surface area contributed by atoms with Crippen LogP contribution in [-0.4, -0.2) is 4.98 Å². The fourth-order valence-electron chi connectivity index (χ4n) is 1.19. The van der Waals surface area contributed by atoms with E-state index in [0.29, 0.717) is 5.69 Å². The summed E-state index contributed by atoms with van der Waals surface area (Å²) in [6, 6.07) is 6.03. The molecule has 2 aromatic rings. The van der Waals surface area contributed by atoms with Crippen molar-refractivity contribution in [2.75, 3.05) is 5.43 Å². The van der Waals surface area contributed by atoms with Gasteiger partial charge in [0.25, 0.3) is 0 Å². The minimum Gasteiger partial charge on any atom is -0.436 e. The van der Waals surface area contributed by atoms with Crippen molar-refractivity contribution in [2.45, 2.75) is 0 Å². The Kier molecular flexibility index (Phi) is 3.15. The van der Waals surface area contributed by atoms with E-state index < -0.39 is 11.6 Å². The topological polar surface area (TPSA) is 60.2 Å². The molecular weight excluding hydrogens is 228 g/mol. The Morgan fingerprint density at radius 1 is 1.18 bits per heavy atom. The summed E-state index contributed by atoms with van der Waals surface area (Å²) in [5.41, 5.74) is 2.97. The molecule has 2 rings (SSSR count). The molecule has 0 radical (unpaired) electrons. The van der Waals surface area contributed by atoms with Crippen molar-refractivity contribution in [3.05, 3.63) is 48.2 Å². The number of nitrogens with two attached hydrogens (primary N) is 1. The third-order valence-electron chi connectivity index (χ3n) is 2.01. The zero-order valence-electron chi connectivity index (χ0n) is 8.65. The molecule has 0 fully saturated rings. The average Bonchev–Trinajstić information content (AvgIpc) is 2.35. The zero-order chi connectivity index (χ0) is 12.3. The lowest BCUT2D eigenvalue weighted by molar-refractivity contribution is 0.422. The van der Waals surface area contributed by atoms with Crippen LogP contribution in [0.15, 0.2) is 36.5 Å². The smallest absolute Gasteiger partial charge is 0.219 e. The lowest BCUT2D eigenvalue weighted by Crippen LogP contribution is -2.06. The molecule has 0 aliphatic rings. The summed E-state index contributed by atoms with van der Waals surface area (Å²) in [5.74, 6) is 3.85. The fraction of sp³-hybridized carbons (Fsp3) is 0. The largest absolute Gasteiger partial charge is 0.436 e. The number of nitrogens with zero attached hydrogens (tertiary/aromatic N) is 1. The summed E-state index contributed by atoms with van der Waals surface area (Å²) < 4.78 is 31.2. The molecule has 0 spiro atoms. The van der Waals surface area contributed by atoms with Crippen LogP contribution in [0.3, 0.4) is 0 Å². The SMILES string of the molecule is NNc1ccc(Oc2cc(F)ccc2F)nc1. The number of hydrogen-bond donors (Lipinski definition) is 2. The molecule has 88 valence electrons. The highest BCUT2D eigenvalue weighted by atomic mass is 19.1. The molecule has 0 saturated heterocycles. The van der Waals surface area contributed by atoms with Gasteiger partial charge in [0, 0.05) is 12.1 Å². The van der Waals surface area contributed by atoms with Crippen LogP contribution in [0.1, 0.15) is 0 Å². The second-order valence-corrected chi connectivity index (χ2v) is 3.21. The van der Waals surface area contributed by atoms with E-state index in [1.165, 1.54) is 12.3 Å². The minimum absolute atomic E-state index is 0.147. The maximum atomic E-state index is 13.2. The van der Waals surface area contributed by atoms with Crippen LogP contribution < -0.4 is 16.0 Å². The minimum atomic E-state index is -0.658. The van der Waals surface area contributed by atoms with Crippen LogP contribution in [0.25, 0.3) is 0 Å². The molecular formula is C11H9F2N3O. The first-order valence-electron chi connectivity index (χ1n) is 4.74.